The minimum atomic E-state index is 0.140. The van der Waals surface area contributed by atoms with Crippen molar-refractivity contribution in [2.45, 2.75) is 18.5 Å². The fourth-order valence-electron chi connectivity index (χ4n) is 2.67. The Hall–Kier alpha value is -0.810. The molecular formula is C14H21ClN2O2. The maximum absolute atomic E-state index is 6.24. The van der Waals surface area contributed by atoms with E-state index >= 15 is 0 Å². The van der Waals surface area contributed by atoms with E-state index in [1.807, 2.05) is 18.2 Å². The van der Waals surface area contributed by atoms with Crippen LogP contribution in [-0.4, -0.2) is 44.9 Å². The molecule has 1 fully saturated rings. The maximum atomic E-state index is 6.24. The summed E-state index contributed by atoms with van der Waals surface area (Å²) >= 11 is 6.20. The summed E-state index contributed by atoms with van der Waals surface area (Å²) in [5.74, 6) is 0.695. The molecule has 0 spiro atoms. The molecule has 19 heavy (non-hydrogen) atoms. The second-order valence-corrected chi connectivity index (χ2v) is 5.23. The minimum Gasteiger partial charge on any atom is -0.495 e. The molecule has 106 valence electrons. The zero-order valence-corrected chi connectivity index (χ0v) is 12.2. The number of rotatable bonds is 5. The largest absolute Gasteiger partial charge is 0.495 e. The van der Waals surface area contributed by atoms with Crippen molar-refractivity contribution in [3.63, 3.8) is 0 Å². The van der Waals surface area contributed by atoms with Crippen LogP contribution in [0.5, 0.6) is 5.75 Å². The van der Waals surface area contributed by atoms with Crippen molar-refractivity contribution in [2.75, 3.05) is 33.9 Å². The van der Waals surface area contributed by atoms with Crippen LogP contribution < -0.4 is 10.5 Å². The quantitative estimate of drug-likeness (QED) is 0.899. The molecular weight excluding hydrogens is 264 g/mol. The van der Waals surface area contributed by atoms with Gasteiger partial charge in [-0.25, -0.2) is 0 Å². The lowest BCUT2D eigenvalue weighted by molar-refractivity contribution is 0.139. The third-order valence-corrected chi connectivity index (χ3v) is 3.94. The van der Waals surface area contributed by atoms with E-state index in [0.717, 1.165) is 25.1 Å². The summed E-state index contributed by atoms with van der Waals surface area (Å²) in [5.41, 5.74) is 7.38. The third-order valence-electron chi connectivity index (χ3n) is 3.65. The van der Waals surface area contributed by atoms with Crippen LogP contribution in [0.15, 0.2) is 18.2 Å². The van der Waals surface area contributed by atoms with Gasteiger partial charge in [0.15, 0.2) is 0 Å². The first-order valence-corrected chi connectivity index (χ1v) is 6.87. The van der Waals surface area contributed by atoms with Gasteiger partial charge in [0.2, 0.25) is 0 Å². The van der Waals surface area contributed by atoms with Gasteiger partial charge in [0.1, 0.15) is 5.75 Å². The second-order valence-electron chi connectivity index (χ2n) is 4.82. The predicted molar refractivity (Wildman–Crippen MR) is 76.8 cm³/mol. The summed E-state index contributed by atoms with van der Waals surface area (Å²) < 4.78 is 10.3. The Labute approximate surface area is 119 Å². The van der Waals surface area contributed by atoms with Gasteiger partial charge in [-0.2, -0.15) is 0 Å². The average Bonchev–Trinajstić information content (AvgIpc) is 2.77. The molecule has 0 aliphatic carbocycles. The predicted octanol–water partition coefficient (Wildman–Crippen LogP) is 2.07. The molecule has 0 saturated carbocycles. The normalized spacial score (nSPS) is 23.8. The summed E-state index contributed by atoms with van der Waals surface area (Å²) in [4.78, 5) is 2.35. The van der Waals surface area contributed by atoms with E-state index in [1.165, 1.54) is 0 Å². The molecule has 2 atom stereocenters. The number of ether oxygens (including phenoxy) is 2. The fourth-order valence-corrected chi connectivity index (χ4v) is 2.93. The lowest BCUT2D eigenvalue weighted by Crippen LogP contribution is -2.33. The van der Waals surface area contributed by atoms with Crippen molar-refractivity contribution in [3.8, 4) is 5.75 Å². The number of hydrogen-bond acceptors (Lipinski definition) is 4. The molecule has 4 nitrogen and oxygen atoms in total. The molecule has 5 heteroatoms. The highest BCUT2D eigenvalue weighted by molar-refractivity contribution is 6.32. The van der Waals surface area contributed by atoms with Gasteiger partial charge in [0.25, 0.3) is 0 Å². The van der Waals surface area contributed by atoms with Crippen LogP contribution >= 0.6 is 11.6 Å². The third kappa shape index (κ3) is 3.20. The number of nitrogens with two attached hydrogens (primary N) is 1. The van der Waals surface area contributed by atoms with Crippen LogP contribution in [0.1, 0.15) is 18.0 Å². The molecule has 1 aromatic carbocycles. The Balaban J connectivity index is 2.19. The van der Waals surface area contributed by atoms with E-state index in [1.54, 1.807) is 14.2 Å². The highest BCUT2D eigenvalue weighted by Gasteiger charge is 2.32. The second kappa shape index (κ2) is 6.57. The first-order chi connectivity index (χ1) is 9.17. The van der Waals surface area contributed by atoms with Crippen LogP contribution in [-0.2, 0) is 4.74 Å². The van der Waals surface area contributed by atoms with Crippen LogP contribution in [0.4, 0.5) is 0 Å². The Morgan fingerprint density at radius 2 is 2.21 bits per heavy atom. The smallest absolute Gasteiger partial charge is 0.137 e. The number of hydrogen-bond donors (Lipinski definition) is 1. The van der Waals surface area contributed by atoms with E-state index < -0.39 is 0 Å². The van der Waals surface area contributed by atoms with Crippen molar-refractivity contribution in [3.05, 3.63) is 28.8 Å². The molecule has 0 aromatic heterocycles. The molecule has 1 aromatic rings. The summed E-state index contributed by atoms with van der Waals surface area (Å²) in [6.07, 6.45) is 0.998. The number of benzene rings is 1. The summed E-state index contributed by atoms with van der Waals surface area (Å²) in [6.45, 7) is 2.60. The van der Waals surface area contributed by atoms with E-state index in [9.17, 15) is 0 Å². The van der Waals surface area contributed by atoms with Crippen molar-refractivity contribution in [2.24, 2.45) is 5.73 Å². The van der Waals surface area contributed by atoms with E-state index in [0.29, 0.717) is 17.4 Å². The molecule has 0 amide bonds. The van der Waals surface area contributed by atoms with Crippen LogP contribution in [0.25, 0.3) is 0 Å². The molecule has 2 N–H and O–H groups in total. The lowest BCUT2D eigenvalue weighted by Gasteiger charge is -2.27. The van der Waals surface area contributed by atoms with Crippen LogP contribution in [0.2, 0.25) is 5.02 Å². The molecule has 1 aliphatic rings. The molecule has 0 radical (unpaired) electrons. The SMILES string of the molecule is COCCN1CCC(N)C1c1ccc(OC)c(Cl)c1. The summed E-state index contributed by atoms with van der Waals surface area (Å²) in [7, 11) is 3.34. The topological polar surface area (TPSA) is 47.7 Å². The number of methoxy groups -OCH3 is 2. The van der Waals surface area contributed by atoms with Gasteiger partial charge in [-0.3, -0.25) is 4.90 Å². The van der Waals surface area contributed by atoms with Crippen molar-refractivity contribution in [1.29, 1.82) is 0 Å². The van der Waals surface area contributed by atoms with Gasteiger partial charge in [-0.15, -0.1) is 0 Å². The molecule has 1 saturated heterocycles. The van der Waals surface area contributed by atoms with Crippen molar-refractivity contribution < 1.29 is 9.47 Å². The van der Waals surface area contributed by atoms with Gasteiger partial charge in [0, 0.05) is 26.2 Å². The number of nitrogens with zero attached hydrogens (tertiary/aromatic N) is 1. The summed E-state index contributed by atoms with van der Waals surface area (Å²) in [6, 6.07) is 6.24. The fraction of sp³-hybridized carbons (Fsp3) is 0.571. The van der Waals surface area contributed by atoms with Gasteiger partial charge in [0.05, 0.1) is 24.8 Å². The van der Waals surface area contributed by atoms with Gasteiger partial charge in [-0.05, 0) is 24.1 Å². The molecule has 2 unspecified atom stereocenters. The monoisotopic (exact) mass is 284 g/mol. The highest BCUT2D eigenvalue weighted by atomic mass is 35.5. The van der Waals surface area contributed by atoms with E-state index in [2.05, 4.69) is 4.90 Å². The number of likely N-dealkylation sites (tertiary alicyclic amines) is 1. The van der Waals surface area contributed by atoms with Gasteiger partial charge in [-0.1, -0.05) is 17.7 Å². The Morgan fingerprint density at radius 3 is 2.84 bits per heavy atom. The van der Waals surface area contributed by atoms with Crippen LogP contribution in [0, 0.1) is 0 Å². The van der Waals surface area contributed by atoms with Crippen LogP contribution in [0.3, 0.4) is 0 Å². The standard InChI is InChI=1S/C14H21ClN2O2/c1-18-8-7-17-6-5-12(16)14(17)10-3-4-13(19-2)11(15)9-10/h3-4,9,12,14H,5-8,16H2,1-2H3. The number of halogens is 1. The maximum Gasteiger partial charge on any atom is 0.137 e. The van der Waals surface area contributed by atoms with Gasteiger partial charge < -0.3 is 15.2 Å². The zero-order chi connectivity index (χ0) is 13.8. The first kappa shape index (κ1) is 14.6. The summed E-state index contributed by atoms with van der Waals surface area (Å²) in [5, 5.41) is 0.630. The molecule has 2 rings (SSSR count). The Kier molecular flexibility index (Phi) is 5.05. The highest BCUT2D eigenvalue weighted by Crippen LogP contribution is 2.34. The first-order valence-electron chi connectivity index (χ1n) is 6.49. The van der Waals surface area contributed by atoms with Gasteiger partial charge >= 0.3 is 0 Å². The van der Waals surface area contributed by atoms with Crippen molar-refractivity contribution >= 4 is 11.6 Å². The van der Waals surface area contributed by atoms with Crippen molar-refractivity contribution in [1.82, 2.24) is 4.90 Å². The average molecular weight is 285 g/mol. The Morgan fingerprint density at radius 1 is 1.42 bits per heavy atom. The minimum absolute atomic E-state index is 0.140. The van der Waals surface area contributed by atoms with E-state index in [-0.39, 0.29) is 12.1 Å². The lowest BCUT2D eigenvalue weighted by atomic mass is 10.0. The molecule has 0 bridgehead atoms. The zero-order valence-electron chi connectivity index (χ0n) is 11.4. The molecule has 1 aliphatic heterocycles. The molecule has 1 heterocycles. The Bertz CT molecular complexity index is 428. The van der Waals surface area contributed by atoms with E-state index in [4.69, 9.17) is 26.8 Å².